The van der Waals surface area contributed by atoms with Crippen molar-refractivity contribution in [2.24, 2.45) is 0 Å². The van der Waals surface area contributed by atoms with Crippen LogP contribution in [0.2, 0.25) is 0 Å². The molecule has 0 amide bonds. The van der Waals surface area contributed by atoms with Crippen molar-refractivity contribution in [1.82, 2.24) is 0 Å². The number of hydrogen-bond donors (Lipinski definition) is 0. The van der Waals surface area contributed by atoms with E-state index in [0.29, 0.717) is 0 Å². The third-order valence-corrected chi connectivity index (χ3v) is 2.59. The minimum Gasteiger partial charge on any atom is -0.491 e. The monoisotopic (exact) mass is 150 g/mol. The van der Waals surface area contributed by atoms with Gasteiger partial charge in [0.25, 0.3) is 0 Å². The molecule has 1 spiro atoms. The summed E-state index contributed by atoms with van der Waals surface area (Å²) in [7, 11) is 0. The zero-order valence-corrected chi connectivity index (χ0v) is 6.75. The highest BCUT2D eigenvalue weighted by Crippen LogP contribution is 2.34. The normalized spacial score (nSPS) is 26.9. The minimum absolute atomic E-state index is 0.0903. The van der Waals surface area contributed by atoms with Crippen molar-refractivity contribution < 1.29 is 4.74 Å². The van der Waals surface area contributed by atoms with E-state index in [1.807, 2.05) is 12.3 Å². The summed E-state index contributed by atoms with van der Waals surface area (Å²) in [6, 6.07) is 0. The molecule has 0 unspecified atom stereocenters. The first-order chi connectivity index (χ1) is 5.41. The van der Waals surface area contributed by atoms with Gasteiger partial charge in [-0.1, -0.05) is 12.5 Å². The average Bonchev–Trinajstić information content (AvgIpc) is 2.07. The van der Waals surface area contributed by atoms with E-state index < -0.39 is 0 Å². The maximum absolute atomic E-state index is 5.64. The molecule has 0 aromatic carbocycles. The van der Waals surface area contributed by atoms with Crippen LogP contribution in [0.1, 0.15) is 32.1 Å². The summed E-state index contributed by atoms with van der Waals surface area (Å²) in [5.41, 5.74) is 0.0903. The first-order valence-electron chi connectivity index (χ1n) is 4.44. The molecule has 1 saturated carbocycles. The van der Waals surface area contributed by atoms with E-state index in [-0.39, 0.29) is 5.60 Å². The summed E-state index contributed by atoms with van der Waals surface area (Å²) in [5.74, 6) is 0. The predicted octanol–water partition coefficient (Wildman–Crippen LogP) is 2.79. The molecule has 1 aliphatic carbocycles. The number of allylic oxidation sites excluding steroid dienone is 2. The Morgan fingerprint density at radius 3 is 2.45 bits per heavy atom. The van der Waals surface area contributed by atoms with Crippen molar-refractivity contribution in [3.05, 3.63) is 24.5 Å². The fourth-order valence-electron chi connectivity index (χ4n) is 1.93. The van der Waals surface area contributed by atoms with Crippen molar-refractivity contribution in [3.8, 4) is 0 Å². The summed E-state index contributed by atoms with van der Waals surface area (Å²) in [6.45, 7) is 0. The Kier molecular flexibility index (Phi) is 1.72. The molecular formula is C10H14O. The Morgan fingerprint density at radius 2 is 1.82 bits per heavy atom. The Balaban J connectivity index is 2.08. The summed E-state index contributed by atoms with van der Waals surface area (Å²) < 4.78 is 5.64. The predicted molar refractivity (Wildman–Crippen MR) is 45.2 cm³/mol. The van der Waals surface area contributed by atoms with E-state index in [1.54, 1.807) is 0 Å². The Bertz CT molecular complexity index is 185. The van der Waals surface area contributed by atoms with Crippen LogP contribution in [0, 0.1) is 0 Å². The smallest absolute Gasteiger partial charge is 0.126 e. The lowest BCUT2D eigenvalue weighted by Crippen LogP contribution is -2.31. The van der Waals surface area contributed by atoms with Crippen molar-refractivity contribution >= 4 is 0 Å². The van der Waals surface area contributed by atoms with Gasteiger partial charge in [-0.15, -0.1) is 0 Å². The minimum atomic E-state index is 0.0903. The Morgan fingerprint density at radius 1 is 1.00 bits per heavy atom. The lowest BCUT2D eigenvalue weighted by molar-refractivity contribution is 0.0301. The van der Waals surface area contributed by atoms with Gasteiger partial charge in [0.2, 0.25) is 0 Å². The third-order valence-electron chi connectivity index (χ3n) is 2.59. The van der Waals surface area contributed by atoms with E-state index in [2.05, 4.69) is 12.2 Å². The van der Waals surface area contributed by atoms with Gasteiger partial charge in [-0.25, -0.2) is 0 Å². The molecule has 2 aliphatic rings. The van der Waals surface area contributed by atoms with Crippen LogP contribution < -0.4 is 0 Å². The SMILES string of the molecule is C1=COC2(C=C1)CCCCC2. The number of ether oxygens (including phenoxy) is 1. The molecule has 0 aromatic rings. The van der Waals surface area contributed by atoms with E-state index in [1.165, 1.54) is 32.1 Å². The first-order valence-corrected chi connectivity index (χ1v) is 4.44. The molecule has 1 fully saturated rings. The fourth-order valence-corrected chi connectivity index (χ4v) is 1.93. The molecule has 0 atom stereocenters. The molecule has 60 valence electrons. The second-order valence-corrected chi connectivity index (χ2v) is 3.43. The van der Waals surface area contributed by atoms with Crippen molar-refractivity contribution in [2.75, 3.05) is 0 Å². The van der Waals surface area contributed by atoms with E-state index in [9.17, 15) is 0 Å². The number of rotatable bonds is 0. The van der Waals surface area contributed by atoms with Gasteiger partial charge in [0.05, 0.1) is 6.26 Å². The topological polar surface area (TPSA) is 9.23 Å². The Labute approximate surface area is 67.7 Å². The van der Waals surface area contributed by atoms with Crippen LogP contribution in [-0.2, 0) is 4.74 Å². The van der Waals surface area contributed by atoms with Crippen LogP contribution >= 0.6 is 0 Å². The molecule has 0 N–H and O–H groups in total. The van der Waals surface area contributed by atoms with Gasteiger partial charge in [0.15, 0.2) is 0 Å². The standard InChI is InChI=1S/C10H14O/c1-2-6-10(7-3-1)8-4-5-9-11-10/h4-5,8-9H,1-3,6-7H2. The van der Waals surface area contributed by atoms with E-state index >= 15 is 0 Å². The first kappa shape index (κ1) is 6.96. The van der Waals surface area contributed by atoms with Crippen molar-refractivity contribution in [1.29, 1.82) is 0 Å². The van der Waals surface area contributed by atoms with E-state index in [0.717, 1.165) is 0 Å². The maximum Gasteiger partial charge on any atom is 0.126 e. The third kappa shape index (κ3) is 1.32. The second kappa shape index (κ2) is 2.72. The summed E-state index contributed by atoms with van der Waals surface area (Å²) in [4.78, 5) is 0. The van der Waals surface area contributed by atoms with Crippen LogP contribution in [0.3, 0.4) is 0 Å². The van der Waals surface area contributed by atoms with Crippen molar-refractivity contribution in [3.63, 3.8) is 0 Å². The quantitative estimate of drug-likeness (QED) is 0.516. The van der Waals surface area contributed by atoms with Gasteiger partial charge in [0, 0.05) is 0 Å². The fraction of sp³-hybridized carbons (Fsp3) is 0.600. The van der Waals surface area contributed by atoms with Gasteiger partial charge in [-0.2, -0.15) is 0 Å². The lowest BCUT2D eigenvalue weighted by atomic mass is 9.84. The molecule has 1 nitrogen and oxygen atoms in total. The molecule has 2 rings (SSSR count). The summed E-state index contributed by atoms with van der Waals surface area (Å²) in [5, 5.41) is 0. The van der Waals surface area contributed by atoms with E-state index in [4.69, 9.17) is 4.74 Å². The maximum atomic E-state index is 5.64. The van der Waals surface area contributed by atoms with Gasteiger partial charge in [0.1, 0.15) is 5.60 Å². The van der Waals surface area contributed by atoms with Gasteiger partial charge >= 0.3 is 0 Å². The average molecular weight is 150 g/mol. The molecular weight excluding hydrogens is 136 g/mol. The van der Waals surface area contributed by atoms with Crippen LogP contribution in [0.4, 0.5) is 0 Å². The Hall–Kier alpha value is -0.720. The lowest BCUT2D eigenvalue weighted by Gasteiger charge is -2.34. The molecule has 1 heterocycles. The second-order valence-electron chi connectivity index (χ2n) is 3.43. The molecule has 1 aliphatic heterocycles. The zero-order valence-electron chi connectivity index (χ0n) is 6.75. The summed E-state index contributed by atoms with van der Waals surface area (Å²) in [6.07, 6.45) is 14.5. The highest BCUT2D eigenvalue weighted by Gasteiger charge is 2.30. The van der Waals surface area contributed by atoms with Crippen LogP contribution in [0.15, 0.2) is 24.5 Å². The van der Waals surface area contributed by atoms with Gasteiger partial charge < -0.3 is 4.74 Å². The summed E-state index contributed by atoms with van der Waals surface area (Å²) >= 11 is 0. The molecule has 11 heavy (non-hydrogen) atoms. The van der Waals surface area contributed by atoms with Crippen LogP contribution in [0.5, 0.6) is 0 Å². The van der Waals surface area contributed by atoms with Gasteiger partial charge in [-0.3, -0.25) is 0 Å². The largest absolute Gasteiger partial charge is 0.491 e. The molecule has 0 bridgehead atoms. The molecule has 0 saturated heterocycles. The van der Waals surface area contributed by atoms with Crippen LogP contribution in [-0.4, -0.2) is 5.60 Å². The van der Waals surface area contributed by atoms with Crippen molar-refractivity contribution in [2.45, 2.75) is 37.7 Å². The number of hydrogen-bond acceptors (Lipinski definition) is 1. The highest BCUT2D eigenvalue weighted by molar-refractivity contribution is 5.15. The highest BCUT2D eigenvalue weighted by atomic mass is 16.5. The molecule has 1 heteroatoms. The zero-order chi connectivity index (χ0) is 7.57. The molecule has 0 aromatic heterocycles. The van der Waals surface area contributed by atoms with Crippen LogP contribution in [0.25, 0.3) is 0 Å². The van der Waals surface area contributed by atoms with Gasteiger partial charge in [-0.05, 0) is 37.8 Å². The molecule has 0 radical (unpaired) electrons.